The highest BCUT2D eigenvalue weighted by Crippen LogP contribution is 2.46. The van der Waals surface area contributed by atoms with E-state index in [9.17, 15) is 20.4 Å². The summed E-state index contributed by atoms with van der Waals surface area (Å²) in [6.07, 6.45) is 2.35. The predicted molar refractivity (Wildman–Crippen MR) is 95.9 cm³/mol. The van der Waals surface area contributed by atoms with Crippen LogP contribution < -0.4 is 0 Å². The van der Waals surface area contributed by atoms with Crippen molar-refractivity contribution in [3.8, 4) is 0 Å². The van der Waals surface area contributed by atoms with Crippen LogP contribution in [0.1, 0.15) is 53.4 Å². The standard InChI is InChI=1S/C20H30O5/c1-11(2)15-9-7-13(5)17(19(15,21)22)25-18-14(6)8-10-16(12(3)4)20(18,23)24/h15-16,21-24H,1,3,7-10H2,2,4-6H3/t15-,16-/m0/s1. The van der Waals surface area contributed by atoms with Crippen LogP contribution in [-0.4, -0.2) is 32.0 Å². The Balaban J connectivity index is 2.45. The molecule has 0 saturated carbocycles. The van der Waals surface area contributed by atoms with Crippen LogP contribution >= 0.6 is 0 Å². The lowest BCUT2D eigenvalue weighted by Gasteiger charge is -2.42. The third-order valence-corrected chi connectivity index (χ3v) is 5.43. The maximum absolute atomic E-state index is 10.7. The van der Waals surface area contributed by atoms with E-state index in [4.69, 9.17) is 4.74 Å². The Hall–Kier alpha value is -1.40. The van der Waals surface area contributed by atoms with Crippen molar-refractivity contribution >= 4 is 0 Å². The first-order valence-electron chi connectivity index (χ1n) is 8.69. The van der Waals surface area contributed by atoms with E-state index in [0.29, 0.717) is 48.0 Å². The van der Waals surface area contributed by atoms with Gasteiger partial charge in [0, 0.05) is 11.8 Å². The largest absolute Gasteiger partial charge is 0.455 e. The Morgan fingerprint density at radius 2 is 1.16 bits per heavy atom. The van der Waals surface area contributed by atoms with Gasteiger partial charge in [-0.15, -0.1) is 0 Å². The summed E-state index contributed by atoms with van der Waals surface area (Å²) in [6.45, 7) is 14.7. The van der Waals surface area contributed by atoms with Gasteiger partial charge in [0.2, 0.25) is 11.6 Å². The van der Waals surface area contributed by atoms with Crippen LogP contribution in [-0.2, 0) is 4.74 Å². The summed E-state index contributed by atoms with van der Waals surface area (Å²) in [5, 5.41) is 42.8. The molecule has 2 aliphatic rings. The molecule has 2 aliphatic carbocycles. The molecule has 0 aromatic rings. The third kappa shape index (κ3) is 3.47. The minimum atomic E-state index is -2.23. The van der Waals surface area contributed by atoms with Gasteiger partial charge >= 0.3 is 0 Å². The van der Waals surface area contributed by atoms with E-state index in [2.05, 4.69) is 13.2 Å². The molecule has 0 bridgehead atoms. The fourth-order valence-electron chi connectivity index (χ4n) is 3.90. The number of hydrogen-bond donors (Lipinski definition) is 4. The smallest absolute Gasteiger partial charge is 0.230 e. The van der Waals surface area contributed by atoms with Gasteiger partial charge in [-0.05, 0) is 64.5 Å². The first kappa shape index (κ1) is 19.9. The van der Waals surface area contributed by atoms with E-state index in [1.165, 1.54) is 0 Å². The van der Waals surface area contributed by atoms with Gasteiger partial charge in [-0.1, -0.05) is 24.3 Å². The summed E-state index contributed by atoms with van der Waals surface area (Å²) in [7, 11) is 0. The average Bonchev–Trinajstić information content (AvgIpc) is 2.43. The molecule has 5 heteroatoms. The lowest BCUT2D eigenvalue weighted by molar-refractivity contribution is -0.218. The number of rotatable bonds is 4. The van der Waals surface area contributed by atoms with Crippen molar-refractivity contribution < 1.29 is 25.2 Å². The monoisotopic (exact) mass is 350 g/mol. The van der Waals surface area contributed by atoms with E-state index >= 15 is 0 Å². The summed E-state index contributed by atoms with van der Waals surface area (Å²) < 4.78 is 5.83. The quantitative estimate of drug-likeness (QED) is 0.462. The summed E-state index contributed by atoms with van der Waals surface area (Å²) in [5.41, 5.74) is 2.64. The molecule has 0 aromatic heterocycles. The average molecular weight is 350 g/mol. The van der Waals surface area contributed by atoms with Crippen molar-refractivity contribution in [3.63, 3.8) is 0 Å². The number of allylic oxidation sites excluding steroid dienone is 2. The second kappa shape index (κ2) is 6.72. The van der Waals surface area contributed by atoms with Gasteiger partial charge in [0.05, 0.1) is 0 Å². The van der Waals surface area contributed by atoms with Crippen molar-refractivity contribution in [2.24, 2.45) is 11.8 Å². The topological polar surface area (TPSA) is 90.2 Å². The van der Waals surface area contributed by atoms with Crippen molar-refractivity contribution in [2.75, 3.05) is 0 Å². The van der Waals surface area contributed by atoms with Crippen molar-refractivity contribution in [1.29, 1.82) is 0 Å². The maximum Gasteiger partial charge on any atom is 0.230 e. The maximum atomic E-state index is 10.7. The van der Waals surface area contributed by atoms with E-state index in [1.54, 1.807) is 27.7 Å². The van der Waals surface area contributed by atoms with Gasteiger partial charge in [-0.25, -0.2) is 0 Å². The van der Waals surface area contributed by atoms with Crippen LogP contribution in [0.5, 0.6) is 0 Å². The van der Waals surface area contributed by atoms with E-state index in [0.717, 1.165) is 0 Å². The second-order valence-electron chi connectivity index (χ2n) is 7.65. The molecule has 4 N–H and O–H groups in total. The molecule has 5 nitrogen and oxygen atoms in total. The minimum Gasteiger partial charge on any atom is -0.455 e. The molecule has 0 saturated heterocycles. The molecule has 0 amide bonds. The van der Waals surface area contributed by atoms with Gasteiger partial charge in [0.25, 0.3) is 0 Å². The molecular formula is C20H30O5. The van der Waals surface area contributed by atoms with E-state index in [-0.39, 0.29) is 11.5 Å². The van der Waals surface area contributed by atoms with Crippen LogP contribution in [0.3, 0.4) is 0 Å². The molecule has 0 unspecified atom stereocenters. The molecule has 2 atom stereocenters. The minimum absolute atomic E-state index is 0.0315. The van der Waals surface area contributed by atoms with Gasteiger partial charge in [-0.3, -0.25) is 0 Å². The highest BCUT2D eigenvalue weighted by atomic mass is 16.6. The number of hydrogen-bond acceptors (Lipinski definition) is 5. The molecule has 2 rings (SSSR count). The van der Waals surface area contributed by atoms with Crippen LogP contribution in [0.25, 0.3) is 0 Å². The third-order valence-electron chi connectivity index (χ3n) is 5.43. The summed E-state index contributed by atoms with van der Waals surface area (Å²) >= 11 is 0. The zero-order valence-corrected chi connectivity index (χ0v) is 15.6. The lowest BCUT2D eigenvalue weighted by atomic mass is 9.78. The molecule has 25 heavy (non-hydrogen) atoms. The van der Waals surface area contributed by atoms with Crippen molar-refractivity contribution in [3.05, 3.63) is 47.0 Å². The summed E-state index contributed by atoms with van der Waals surface area (Å²) in [5.74, 6) is -5.66. The zero-order valence-electron chi connectivity index (χ0n) is 15.6. The molecular weight excluding hydrogens is 320 g/mol. The molecule has 0 radical (unpaired) electrons. The Kier molecular flexibility index (Phi) is 5.36. The summed E-state index contributed by atoms with van der Waals surface area (Å²) in [6, 6.07) is 0. The van der Waals surface area contributed by atoms with E-state index < -0.39 is 23.4 Å². The Morgan fingerprint density at radius 1 is 0.840 bits per heavy atom. The van der Waals surface area contributed by atoms with Gasteiger partial charge in [0.1, 0.15) is 0 Å². The van der Waals surface area contributed by atoms with Crippen LogP contribution in [0.15, 0.2) is 47.0 Å². The van der Waals surface area contributed by atoms with Crippen molar-refractivity contribution in [1.82, 2.24) is 0 Å². The van der Waals surface area contributed by atoms with E-state index in [1.807, 2.05) is 0 Å². The van der Waals surface area contributed by atoms with Crippen LogP contribution in [0, 0.1) is 11.8 Å². The number of aliphatic hydroxyl groups is 4. The SMILES string of the molecule is C=C(C)[C@@H]1CCC(C)=C(OC2=C(C)CC[C@@H](C(=C)C)C2(O)O)C1(O)O. The Bertz CT molecular complexity index is 595. The fourth-order valence-corrected chi connectivity index (χ4v) is 3.90. The van der Waals surface area contributed by atoms with Crippen LogP contribution in [0.4, 0.5) is 0 Å². The van der Waals surface area contributed by atoms with Crippen molar-refractivity contribution in [2.45, 2.75) is 65.0 Å². The fraction of sp³-hybridized carbons (Fsp3) is 0.600. The second-order valence-corrected chi connectivity index (χ2v) is 7.65. The summed E-state index contributed by atoms with van der Waals surface area (Å²) in [4.78, 5) is 0. The number of ether oxygens (including phenoxy) is 1. The first-order chi connectivity index (χ1) is 11.4. The highest BCUT2D eigenvalue weighted by molar-refractivity contribution is 5.30. The van der Waals surface area contributed by atoms with Gasteiger partial charge in [0.15, 0.2) is 11.5 Å². The Labute approximate surface area is 149 Å². The molecule has 0 aromatic carbocycles. The molecule has 0 spiro atoms. The molecule has 0 aliphatic heterocycles. The first-order valence-corrected chi connectivity index (χ1v) is 8.69. The highest BCUT2D eigenvalue weighted by Gasteiger charge is 2.49. The van der Waals surface area contributed by atoms with Gasteiger partial charge < -0.3 is 25.2 Å². The Morgan fingerprint density at radius 3 is 1.44 bits per heavy atom. The van der Waals surface area contributed by atoms with Crippen LogP contribution in [0.2, 0.25) is 0 Å². The normalized spacial score (nSPS) is 28.8. The van der Waals surface area contributed by atoms with Gasteiger partial charge in [-0.2, -0.15) is 0 Å². The zero-order chi connectivity index (χ0) is 19.2. The lowest BCUT2D eigenvalue weighted by Crippen LogP contribution is -2.48. The molecule has 0 heterocycles. The molecule has 140 valence electrons. The predicted octanol–water partition coefficient (Wildman–Crippen LogP) is 2.89. The molecule has 0 fully saturated rings.